The molecular weight excluding hydrogens is 422 g/mol. The number of hydrogen-bond donors (Lipinski definition) is 1. The Hall–Kier alpha value is -3.03. The number of amides is 2. The Morgan fingerprint density at radius 1 is 1.22 bits per heavy atom. The molecule has 32 heavy (non-hydrogen) atoms. The molecule has 1 aliphatic heterocycles. The van der Waals surface area contributed by atoms with Crippen molar-refractivity contribution in [3.63, 3.8) is 0 Å². The van der Waals surface area contributed by atoms with E-state index in [0.29, 0.717) is 17.8 Å². The fourth-order valence-electron chi connectivity index (χ4n) is 3.94. The van der Waals surface area contributed by atoms with Crippen molar-refractivity contribution < 1.29 is 14.3 Å². The summed E-state index contributed by atoms with van der Waals surface area (Å²) in [5.74, 6) is -0.361. The van der Waals surface area contributed by atoms with Crippen molar-refractivity contribution >= 4 is 28.8 Å². The van der Waals surface area contributed by atoms with Gasteiger partial charge in [0.25, 0.3) is 0 Å². The third-order valence-electron chi connectivity index (χ3n) is 5.51. The van der Waals surface area contributed by atoms with Crippen LogP contribution in [0.4, 0.5) is 5.69 Å². The van der Waals surface area contributed by atoms with Gasteiger partial charge in [-0.25, -0.2) is 0 Å². The van der Waals surface area contributed by atoms with Crippen LogP contribution in [0.3, 0.4) is 0 Å². The molecule has 1 aromatic carbocycles. The highest BCUT2D eigenvalue weighted by Gasteiger charge is 2.33. The van der Waals surface area contributed by atoms with Crippen molar-refractivity contribution in [1.82, 2.24) is 10.3 Å². The standard InChI is InChI=1S/C25H27N3O3S/c1-18-5-2-6-20(15-18)28(23(29)16-22-8-4-14-32-22)24(19-9-11-26-12-10-19)25(30)27-17-21-7-3-13-31-21/h2,4-6,8-12,14-15,21,24H,3,7,13,16-17H2,1H3,(H,27,30). The number of nitrogens with one attached hydrogen (secondary N) is 1. The van der Waals surface area contributed by atoms with E-state index in [9.17, 15) is 9.59 Å². The van der Waals surface area contributed by atoms with E-state index in [1.165, 1.54) is 11.3 Å². The summed E-state index contributed by atoms with van der Waals surface area (Å²) < 4.78 is 5.66. The van der Waals surface area contributed by atoms with Crippen LogP contribution in [0.2, 0.25) is 0 Å². The van der Waals surface area contributed by atoms with Gasteiger partial charge in [0.2, 0.25) is 11.8 Å². The van der Waals surface area contributed by atoms with Gasteiger partial charge < -0.3 is 10.1 Å². The molecule has 3 heterocycles. The normalized spacial score (nSPS) is 16.5. The molecule has 3 aromatic rings. The van der Waals surface area contributed by atoms with Gasteiger partial charge in [0, 0.05) is 36.1 Å². The second-order valence-corrected chi connectivity index (χ2v) is 8.95. The molecule has 0 radical (unpaired) electrons. The van der Waals surface area contributed by atoms with Gasteiger partial charge in [-0.15, -0.1) is 11.3 Å². The van der Waals surface area contributed by atoms with E-state index in [0.717, 1.165) is 29.9 Å². The van der Waals surface area contributed by atoms with Gasteiger partial charge in [0.05, 0.1) is 12.5 Å². The minimum absolute atomic E-state index is 0.0197. The lowest BCUT2D eigenvalue weighted by molar-refractivity contribution is -0.126. The molecule has 4 rings (SSSR count). The number of thiophene rings is 1. The lowest BCUT2D eigenvalue weighted by atomic mass is 10.0. The van der Waals surface area contributed by atoms with E-state index in [2.05, 4.69) is 10.3 Å². The SMILES string of the molecule is Cc1cccc(N(C(=O)Cc2cccs2)C(C(=O)NCC2CCCO2)c2ccncc2)c1. The van der Waals surface area contributed by atoms with Crippen molar-refractivity contribution in [3.8, 4) is 0 Å². The summed E-state index contributed by atoms with van der Waals surface area (Å²) in [5, 5.41) is 4.98. The topological polar surface area (TPSA) is 71.5 Å². The van der Waals surface area contributed by atoms with Crippen molar-refractivity contribution in [2.75, 3.05) is 18.1 Å². The average molecular weight is 450 g/mol. The zero-order chi connectivity index (χ0) is 22.3. The van der Waals surface area contributed by atoms with Gasteiger partial charge in [-0.2, -0.15) is 0 Å². The zero-order valence-electron chi connectivity index (χ0n) is 18.1. The number of aromatic nitrogens is 1. The molecule has 1 aliphatic rings. The summed E-state index contributed by atoms with van der Waals surface area (Å²) in [5.41, 5.74) is 2.43. The maximum atomic E-state index is 13.6. The van der Waals surface area contributed by atoms with E-state index >= 15 is 0 Å². The number of pyridine rings is 1. The quantitative estimate of drug-likeness (QED) is 0.563. The van der Waals surface area contributed by atoms with E-state index in [1.54, 1.807) is 29.4 Å². The molecular formula is C25H27N3O3S. The van der Waals surface area contributed by atoms with Crippen LogP contribution in [0.15, 0.2) is 66.3 Å². The van der Waals surface area contributed by atoms with Crippen LogP contribution in [0.1, 0.15) is 34.9 Å². The van der Waals surface area contributed by atoms with E-state index in [4.69, 9.17) is 4.74 Å². The lowest BCUT2D eigenvalue weighted by Gasteiger charge is -2.32. The molecule has 2 aromatic heterocycles. The number of hydrogen-bond acceptors (Lipinski definition) is 5. The highest BCUT2D eigenvalue weighted by atomic mass is 32.1. The van der Waals surface area contributed by atoms with Gasteiger partial charge in [-0.1, -0.05) is 18.2 Å². The monoisotopic (exact) mass is 449 g/mol. The highest BCUT2D eigenvalue weighted by molar-refractivity contribution is 7.10. The minimum Gasteiger partial charge on any atom is -0.376 e. The second-order valence-electron chi connectivity index (χ2n) is 7.92. The molecule has 1 fully saturated rings. The maximum Gasteiger partial charge on any atom is 0.247 e. The Bertz CT molecular complexity index is 1030. The smallest absolute Gasteiger partial charge is 0.247 e. The predicted molar refractivity (Wildman–Crippen MR) is 126 cm³/mol. The van der Waals surface area contributed by atoms with Crippen molar-refractivity contribution in [2.45, 2.75) is 38.3 Å². The Morgan fingerprint density at radius 3 is 2.75 bits per heavy atom. The molecule has 2 unspecified atom stereocenters. The molecule has 2 atom stereocenters. The fraction of sp³-hybridized carbons (Fsp3) is 0.320. The molecule has 0 bridgehead atoms. The molecule has 7 heteroatoms. The maximum absolute atomic E-state index is 13.6. The van der Waals surface area contributed by atoms with Gasteiger partial charge in [0.15, 0.2) is 0 Å². The Morgan fingerprint density at radius 2 is 2.06 bits per heavy atom. The average Bonchev–Trinajstić information content (AvgIpc) is 3.50. The fourth-order valence-corrected chi connectivity index (χ4v) is 4.64. The summed E-state index contributed by atoms with van der Waals surface area (Å²) in [7, 11) is 0. The molecule has 166 valence electrons. The van der Waals surface area contributed by atoms with Gasteiger partial charge in [-0.05, 0) is 66.6 Å². The van der Waals surface area contributed by atoms with Crippen molar-refractivity contribution in [3.05, 3.63) is 82.3 Å². The van der Waals surface area contributed by atoms with Gasteiger partial charge in [-0.3, -0.25) is 19.5 Å². The molecule has 0 aliphatic carbocycles. The number of carbonyl (C=O) groups excluding carboxylic acids is 2. The summed E-state index contributed by atoms with van der Waals surface area (Å²) in [6, 6.07) is 14.3. The Balaban J connectivity index is 1.69. The van der Waals surface area contributed by atoms with Gasteiger partial charge in [0.1, 0.15) is 6.04 Å². The van der Waals surface area contributed by atoms with Crippen LogP contribution in [0.5, 0.6) is 0 Å². The van der Waals surface area contributed by atoms with E-state index < -0.39 is 6.04 Å². The number of nitrogens with zero attached hydrogens (tertiary/aromatic N) is 2. The minimum atomic E-state index is -0.811. The van der Waals surface area contributed by atoms with Crippen LogP contribution in [-0.4, -0.2) is 36.1 Å². The van der Waals surface area contributed by atoms with Crippen molar-refractivity contribution in [2.24, 2.45) is 0 Å². The molecule has 6 nitrogen and oxygen atoms in total. The van der Waals surface area contributed by atoms with E-state index in [1.807, 2.05) is 48.7 Å². The number of anilines is 1. The predicted octanol–water partition coefficient (Wildman–Crippen LogP) is 4.06. The van der Waals surface area contributed by atoms with Crippen LogP contribution in [0, 0.1) is 6.92 Å². The largest absolute Gasteiger partial charge is 0.376 e. The molecule has 1 N–H and O–H groups in total. The first kappa shape index (κ1) is 22.2. The van der Waals surface area contributed by atoms with Gasteiger partial charge >= 0.3 is 0 Å². The van der Waals surface area contributed by atoms with Crippen LogP contribution < -0.4 is 10.2 Å². The number of carbonyl (C=O) groups is 2. The number of aryl methyl sites for hydroxylation is 1. The third kappa shape index (κ3) is 5.41. The Kier molecular flexibility index (Phi) is 7.29. The molecule has 0 spiro atoms. The zero-order valence-corrected chi connectivity index (χ0v) is 18.9. The van der Waals surface area contributed by atoms with Crippen LogP contribution in [-0.2, 0) is 20.7 Å². The van der Waals surface area contributed by atoms with Crippen molar-refractivity contribution in [1.29, 1.82) is 0 Å². The summed E-state index contributed by atoms with van der Waals surface area (Å²) in [4.78, 5) is 33.8. The lowest BCUT2D eigenvalue weighted by Crippen LogP contribution is -2.46. The molecule has 2 amide bonds. The first-order valence-corrected chi connectivity index (χ1v) is 11.7. The summed E-state index contributed by atoms with van der Waals surface area (Å²) >= 11 is 1.54. The number of benzene rings is 1. The summed E-state index contributed by atoms with van der Waals surface area (Å²) in [6.45, 7) is 3.13. The van der Waals surface area contributed by atoms with Crippen LogP contribution in [0.25, 0.3) is 0 Å². The second kappa shape index (κ2) is 10.5. The highest BCUT2D eigenvalue weighted by Crippen LogP contribution is 2.30. The number of rotatable bonds is 8. The first-order chi connectivity index (χ1) is 15.6. The molecule has 1 saturated heterocycles. The Labute approximate surface area is 192 Å². The first-order valence-electron chi connectivity index (χ1n) is 10.8. The third-order valence-corrected chi connectivity index (χ3v) is 6.39. The van der Waals surface area contributed by atoms with E-state index in [-0.39, 0.29) is 24.3 Å². The summed E-state index contributed by atoms with van der Waals surface area (Å²) in [6.07, 6.45) is 5.47. The number of ether oxygens (including phenoxy) is 1. The van der Waals surface area contributed by atoms with Crippen LogP contribution >= 0.6 is 11.3 Å². The molecule has 0 saturated carbocycles.